The number of carbonyl (C=O) groups excluding carboxylic acids is 1. The molecule has 3 heterocycles. The van der Waals surface area contributed by atoms with Crippen LogP contribution in [0.1, 0.15) is 42.1 Å². The lowest BCUT2D eigenvalue weighted by Crippen LogP contribution is -2.30. The molecule has 3 aromatic rings. The molecule has 0 bridgehead atoms. The normalized spacial score (nSPS) is 21.8. The number of hydrogen-bond donors (Lipinski definition) is 0. The Bertz CT molecular complexity index is 1220. The van der Waals surface area contributed by atoms with E-state index in [0.29, 0.717) is 23.0 Å². The summed E-state index contributed by atoms with van der Waals surface area (Å²) in [5.41, 5.74) is 4.53. The summed E-state index contributed by atoms with van der Waals surface area (Å²) in [5.74, 6) is -1.81. The van der Waals surface area contributed by atoms with Crippen LogP contribution < -0.4 is 5.46 Å². The Morgan fingerprint density at radius 1 is 1.13 bits per heavy atom. The van der Waals surface area contributed by atoms with Crippen LogP contribution in [0.2, 0.25) is 0 Å². The fourth-order valence-corrected chi connectivity index (χ4v) is 4.72. The Morgan fingerprint density at radius 3 is 2.68 bits per heavy atom. The van der Waals surface area contributed by atoms with Crippen molar-refractivity contribution in [1.29, 1.82) is 0 Å². The van der Waals surface area contributed by atoms with Gasteiger partial charge in [0.15, 0.2) is 11.6 Å². The van der Waals surface area contributed by atoms with Crippen LogP contribution in [0.3, 0.4) is 0 Å². The zero-order valence-corrected chi connectivity index (χ0v) is 17.1. The van der Waals surface area contributed by atoms with Crippen LogP contribution in [-0.2, 0) is 4.79 Å². The van der Waals surface area contributed by atoms with E-state index in [2.05, 4.69) is 4.98 Å². The van der Waals surface area contributed by atoms with Crippen molar-refractivity contribution in [3.8, 4) is 5.69 Å². The fraction of sp³-hybridized carbons (Fsp3) is 0.250. The van der Waals surface area contributed by atoms with Gasteiger partial charge in [-0.15, -0.1) is 0 Å². The first-order valence-electron chi connectivity index (χ1n) is 10.3. The minimum Gasteiger partial charge on any atom is -0.329 e. The van der Waals surface area contributed by atoms with Gasteiger partial charge in [0.05, 0.1) is 18.1 Å². The zero-order chi connectivity index (χ0) is 21.7. The Morgan fingerprint density at radius 2 is 1.97 bits per heavy atom. The molecule has 2 radical (unpaired) electrons. The van der Waals surface area contributed by atoms with E-state index in [1.54, 1.807) is 12.4 Å². The first kappa shape index (κ1) is 19.7. The van der Waals surface area contributed by atoms with Crippen LogP contribution in [0.5, 0.6) is 0 Å². The molecule has 2 atom stereocenters. The number of benzene rings is 2. The maximum atomic E-state index is 13.7. The number of amides is 1. The highest BCUT2D eigenvalue weighted by atomic mass is 19.2. The first-order chi connectivity index (χ1) is 14.9. The molecule has 4 nitrogen and oxygen atoms in total. The van der Waals surface area contributed by atoms with Gasteiger partial charge in [-0.25, -0.2) is 13.8 Å². The van der Waals surface area contributed by atoms with E-state index in [1.807, 2.05) is 46.9 Å². The number of fused-ring (bicyclic) bond motifs is 1. The highest BCUT2D eigenvalue weighted by Gasteiger charge is 2.44. The van der Waals surface area contributed by atoms with Crippen molar-refractivity contribution in [1.82, 2.24) is 14.5 Å². The van der Waals surface area contributed by atoms with Crippen molar-refractivity contribution in [2.75, 3.05) is 0 Å². The summed E-state index contributed by atoms with van der Waals surface area (Å²) in [5, 5.41) is 0. The highest BCUT2D eigenvalue weighted by molar-refractivity contribution is 6.35. The van der Waals surface area contributed by atoms with Gasteiger partial charge in [0.25, 0.3) is 5.91 Å². The molecule has 2 fully saturated rings. The SMILES string of the molecule is [B]c1cc(/C=C2\C[C@@H]3CC[C@H](c4ccc(F)c(F)c4)N3C2=O)ccc1-n1cnc(C)c1. The van der Waals surface area contributed by atoms with Crippen LogP contribution in [0, 0.1) is 18.6 Å². The van der Waals surface area contributed by atoms with Gasteiger partial charge in [-0.1, -0.05) is 23.7 Å². The minimum atomic E-state index is -0.882. The zero-order valence-electron chi connectivity index (χ0n) is 17.1. The number of imidazole rings is 1. The van der Waals surface area contributed by atoms with Crippen LogP contribution in [0.25, 0.3) is 11.8 Å². The molecule has 2 aliphatic heterocycles. The van der Waals surface area contributed by atoms with Crippen LogP contribution in [-0.4, -0.2) is 34.2 Å². The third kappa shape index (κ3) is 3.48. The van der Waals surface area contributed by atoms with Gasteiger partial charge >= 0.3 is 0 Å². The predicted molar refractivity (Wildman–Crippen MR) is 115 cm³/mol. The summed E-state index contributed by atoms with van der Waals surface area (Å²) in [7, 11) is 6.25. The molecule has 0 spiro atoms. The predicted octanol–water partition coefficient (Wildman–Crippen LogP) is 3.77. The molecule has 1 aromatic heterocycles. The van der Waals surface area contributed by atoms with Crippen molar-refractivity contribution in [2.24, 2.45) is 0 Å². The Hall–Kier alpha value is -3.22. The van der Waals surface area contributed by atoms with Crippen molar-refractivity contribution in [2.45, 2.75) is 38.3 Å². The molecule has 0 saturated carbocycles. The van der Waals surface area contributed by atoms with Gasteiger partial charge in [0.1, 0.15) is 7.85 Å². The maximum absolute atomic E-state index is 13.7. The van der Waals surface area contributed by atoms with Crippen molar-refractivity contribution >= 4 is 25.3 Å². The third-order valence-corrected chi connectivity index (χ3v) is 6.18. The van der Waals surface area contributed by atoms with E-state index in [4.69, 9.17) is 7.85 Å². The number of halogens is 2. The second-order valence-electron chi connectivity index (χ2n) is 8.25. The van der Waals surface area contributed by atoms with Crippen molar-refractivity contribution in [3.05, 3.63) is 83.0 Å². The Kier molecular flexibility index (Phi) is 4.76. The van der Waals surface area contributed by atoms with Crippen molar-refractivity contribution in [3.63, 3.8) is 0 Å². The molecule has 0 unspecified atom stereocenters. The largest absolute Gasteiger partial charge is 0.329 e. The summed E-state index contributed by atoms with van der Waals surface area (Å²) >= 11 is 0. The molecule has 1 amide bonds. The smallest absolute Gasteiger partial charge is 0.250 e. The van der Waals surface area contributed by atoms with Crippen LogP contribution in [0.4, 0.5) is 8.78 Å². The Labute approximate surface area is 180 Å². The molecule has 0 aliphatic carbocycles. The first-order valence-corrected chi connectivity index (χ1v) is 10.3. The lowest BCUT2D eigenvalue weighted by molar-refractivity contribution is -0.127. The lowest BCUT2D eigenvalue weighted by atomic mass is 9.91. The van der Waals surface area contributed by atoms with Crippen LogP contribution >= 0.6 is 0 Å². The van der Waals surface area contributed by atoms with Gasteiger partial charge in [0, 0.05) is 23.5 Å². The molecule has 7 heteroatoms. The summed E-state index contributed by atoms with van der Waals surface area (Å²) in [4.78, 5) is 19.2. The topological polar surface area (TPSA) is 38.1 Å². The minimum absolute atomic E-state index is 0.0508. The van der Waals surface area contributed by atoms with Gasteiger partial charge in [-0.05, 0) is 61.6 Å². The molecular formula is C24H20BF2N3O. The molecule has 2 saturated heterocycles. The average Bonchev–Trinajstić information content (AvgIpc) is 3.42. The van der Waals surface area contributed by atoms with E-state index in [1.165, 1.54) is 6.07 Å². The molecule has 154 valence electrons. The molecule has 0 N–H and O–H groups in total. The summed E-state index contributed by atoms with van der Waals surface area (Å²) in [6.45, 7) is 1.91. The molecule has 2 aliphatic rings. The second kappa shape index (κ2) is 7.48. The number of carbonyl (C=O) groups is 1. The van der Waals surface area contributed by atoms with E-state index in [0.717, 1.165) is 35.9 Å². The number of aryl methyl sites for hydroxylation is 1. The van der Waals surface area contributed by atoms with Gasteiger partial charge in [0.2, 0.25) is 0 Å². The molecular weight excluding hydrogens is 395 g/mol. The number of aromatic nitrogens is 2. The summed E-state index contributed by atoms with van der Waals surface area (Å²) in [6.07, 6.45) is 7.72. The summed E-state index contributed by atoms with van der Waals surface area (Å²) in [6, 6.07) is 9.44. The quantitative estimate of drug-likeness (QED) is 0.483. The molecule has 5 rings (SSSR count). The van der Waals surface area contributed by atoms with Gasteiger partial charge < -0.3 is 9.47 Å². The lowest BCUT2D eigenvalue weighted by Gasteiger charge is -2.24. The maximum Gasteiger partial charge on any atom is 0.250 e. The molecule has 2 aromatic carbocycles. The fourth-order valence-electron chi connectivity index (χ4n) is 4.72. The van der Waals surface area contributed by atoms with Crippen molar-refractivity contribution < 1.29 is 13.6 Å². The second-order valence-corrected chi connectivity index (χ2v) is 8.25. The van der Waals surface area contributed by atoms with Gasteiger partial charge in [-0.3, -0.25) is 4.79 Å². The standard InChI is InChI=1S/C24H20BF2N3O/c1-14-12-29(13-28-14)23-6-2-15(9-19(23)25)8-17-10-18-4-7-22(30(18)24(17)31)16-3-5-20(26)21(27)11-16/h2-3,5-6,8-9,11-13,18,22H,4,7,10H2,1H3/b17-8+/t18-,22+/m0/s1. The van der Waals surface area contributed by atoms with E-state index >= 15 is 0 Å². The van der Waals surface area contributed by atoms with E-state index in [-0.39, 0.29) is 18.0 Å². The third-order valence-electron chi connectivity index (χ3n) is 6.18. The monoisotopic (exact) mass is 415 g/mol. The number of hydrogen-bond acceptors (Lipinski definition) is 2. The number of nitrogens with zero attached hydrogens (tertiary/aromatic N) is 3. The van der Waals surface area contributed by atoms with Crippen LogP contribution in [0.15, 0.2) is 54.5 Å². The highest BCUT2D eigenvalue weighted by Crippen LogP contribution is 2.44. The van der Waals surface area contributed by atoms with E-state index < -0.39 is 11.6 Å². The Balaban J connectivity index is 1.40. The summed E-state index contributed by atoms with van der Waals surface area (Å²) < 4.78 is 28.9. The molecule has 31 heavy (non-hydrogen) atoms. The van der Waals surface area contributed by atoms with Gasteiger partial charge in [-0.2, -0.15) is 0 Å². The number of rotatable bonds is 3. The average molecular weight is 415 g/mol. The van der Waals surface area contributed by atoms with E-state index in [9.17, 15) is 13.6 Å².